The molecule has 1 fully saturated rings. The zero-order valence-electron chi connectivity index (χ0n) is 12.0. The van der Waals surface area contributed by atoms with E-state index in [0.717, 1.165) is 25.7 Å². The summed E-state index contributed by atoms with van der Waals surface area (Å²) in [4.78, 5) is 14.2. The van der Waals surface area contributed by atoms with Crippen molar-refractivity contribution in [1.82, 2.24) is 15.0 Å². The number of anilines is 2. The molecule has 1 heterocycles. The first-order valence-electron chi connectivity index (χ1n) is 6.85. The molecule has 0 saturated heterocycles. The number of hydrogen-bond acceptors (Lipinski definition) is 8. The zero-order valence-corrected chi connectivity index (χ0v) is 12.0. The molecule has 0 amide bonds. The maximum Gasteiger partial charge on any atom is 0.323 e. The van der Waals surface area contributed by atoms with Gasteiger partial charge >= 0.3 is 6.01 Å². The van der Waals surface area contributed by atoms with Gasteiger partial charge in [0.15, 0.2) is 0 Å². The minimum absolute atomic E-state index is 0.218. The molecule has 1 aliphatic rings. The van der Waals surface area contributed by atoms with Crippen molar-refractivity contribution < 1.29 is 9.84 Å². The number of aromatic nitrogens is 3. The van der Waals surface area contributed by atoms with Gasteiger partial charge in [0.2, 0.25) is 11.9 Å². The van der Waals surface area contributed by atoms with Crippen molar-refractivity contribution in [2.75, 3.05) is 30.5 Å². The molecular weight excluding hydrogens is 260 g/mol. The maximum absolute atomic E-state index is 10.4. The molecule has 1 aromatic rings. The normalized spacial score (nSPS) is 17.0. The van der Waals surface area contributed by atoms with Crippen LogP contribution in [-0.4, -0.2) is 45.9 Å². The van der Waals surface area contributed by atoms with E-state index in [1.807, 2.05) is 14.0 Å². The molecule has 2 rings (SSSR count). The molecule has 0 bridgehead atoms. The van der Waals surface area contributed by atoms with E-state index in [1.165, 1.54) is 0 Å². The predicted octanol–water partition coefficient (Wildman–Crippen LogP) is 0.297. The maximum atomic E-state index is 10.4. The van der Waals surface area contributed by atoms with Crippen molar-refractivity contribution in [3.05, 3.63) is 0 Å². The summed E-state index contributed by atoms with van der Waals surface area (Å²) >= 11 is 0. The summed E-state index contributed by atoms with van der Waals surface area (Å²) in [6, 6.07) is 0.218. The fourth-order valence-electron chi connectivity index (χ4n) is 2.48. The molecule has 8 heteroatoms. The van der Waals surface area contributed by atoms with Gasteiger partial charge < -0.3 is 14.7 Å². The third-order valence-corrected chi connectivity index (χ3v) is 3.41. The molecule has 0 radical (unpaired) electrons. The minimum Gasteiger partial charge on any atom is -0.464 e. The van der Waals surface area contributed by atoms with E-state index in [-0.39, 0.29) is 12.0 Å². The highest BCUT2D eigenvalue weighted by Gasteiger charge is 2.33. The average Bonchev–Trinajstić information content (AvgIpc) is 2.85. The number of hydrogen-bond donors (Lipinski definition) is 3. The highest BCUT2D eigenvalue weighted by molar-refractivity contribution is 5.37. The summed E-state index contributed by atoms with van der Waals surface area (Å²) in [6.07, 6.45) is 3.73. The lowest BCUT2D eigenvalue weighted by atomic mass is 10.0. The van der Waals surface area contributed by atoms with Crippen molar-refractivity contribution in [3.63, 3.8) is 0 Å². The molecule has 0 unspecified atom stereocenters. The minimum atomic E-state index is -0.663. The molecule has 112 valence electrons. The van der Waals surface area contributed by atoms with Gasteiger partial charge in [-0.15, -0.1) is 0 Å². The van der Waals surface area contributed by atoms with Crippen LogP contribution in [0.2, 0.25) is 0 Å². The summed E-state index contributed by atoms with van der Waals surface area (Å²) in [5.74, 6) is 6.01. The van der Waals surface area contributed by atoms with Gasteiger partial charge in [-0.05, 0) is 19.8 Å². The monoisotopic (exact) mass is 282 g/mol. The van der Waals surface area contributed by atoms with Crippen LogP contribution < -0.4 is 20.9 Å². The molecule has 0 atom stereocenters. The smallest absolute Gasteiger partial charge is 0.323 e. The van der Waals surface area contributed by atoms with Gasteiger partial charge in [-0.1, -0.05) is 12.8 Å². The third kappa shape index (κ3) is 3.45. The number of rotatable bonds is 6. The second-order valence-corrected chi connectivity index (χ2v) is 5.11. The highest BCUT2D eigenvalue weighted by Crippen LogP contribution is 2.30. The van der Waals surface area contributed by atoms with Gasteiger partial charge in [0, 0.05) is 13.6 Å². The summed E-state index contributed by atoms with van der Waals surface area (Å²) in [5, 5.41) is 10.4. The fraction of sp³-hybridized carbons (Fsp3) is 0.750. The second-order valence-electron chi connectivity index (χ2n) is 5.11. The van der Waals surface area contributed by atoms with Crippen LogP contribution in [0.3, 0.4) is 0 Å². The van der Waals surface area contributed by atoms with Crippen molar-refractivity contribution in [3.8, 4) is 6.01 Å². The predicted molar refractivity (Wildman–Crippen MR) is 75.5 cm³/mol. The van der Waals surface area contributed by atoms with Gasteiger partial charge in [-0.2, -0.15) is 15.0 Å². The van der Waals surface area contributed by atoms with E-state index in [9.17, 15) is 5.11 Å². The highest BCUT2D eigenvalue weighted by atomic mass is 16.5. The number of likely N-dealkylation sites (N-methyl/N-ethyl adjacent to an activating group) is 1. The molecule has 4 N–H and O–H groups in total. The van der Waals surface area contributed by atoms with Crippen LogP contribution in [0, 0.1) is 0 Å². The third-order valence-electron chi connectivity index (χ3n) is 3.41. The summed E-state index contributed by atoms with van der Waals surface area (Å²) < 4.78 is 5.29. The average molecular weight is 282 g/mol. The molecule has 0 aliphatic heterocycles. The van der Waals surface area contributed by atoms with Crippen LogP contribution >= 0.6 is 0 Å². The lowest BCUT2D eigenvalue weighted by molar-refractivity contribution is 0.0556. The molecule has 0 spiro atoms. The van der Waals surface area contributed by atoms with Crippen LogP contribution in [0.5, 0.6) is 6.01 Å². The van der Waals surface area contributed by atoms with E-state index < -0.39 is 5.60 Å². The fourth-order valence-corrected chi connectivity index (χ4v) is 2.48. The Kier molecular flexibility index (Phi) is 4.56. The summed E-state index contributed by atoms with van der Waals surface area (Å²) in [7, 11) is 1.83. The molecule has 1 aromatic heterocycles. The van der Waals surface area contributed by atoms with E-state index in [1.54, 1.807) is 4.90 Å². The number of aliphatic hydroxyl groups is 1. The molecule has 0 aromatic carbocycles. The number of nitrogens with one attached hydrogen (secondary N) is 1. The SMILES string of the molecule is CCOc1nc(NN)nc(N(C)CC2(O)CCCC2)n1. The Bertz CT molecular complexity index is 450. The molecule has 1 aliphatic carbocycles. The lowest BCUT2D eigenvalue weighted by Crippen LogP contribution is -2.40. The van der Waals surface area contributed by atoms with Crippen molar-refractivity contribution in [1.29, 1.82) is 0 Å². The summed E-state index contributed by atoms with van der Waals surface area (Å²) in [5.41, 5.74) is 1.73. The van der Waals surface area contributed by atoms with Crippen LogP contribution in [0.15, 0.2) is 0 Å². The van der Waals surface area contributed by atoms with Crippen LogP contribution in [0.25, 0.3) is 0 Å². The largest absolute Gasteiger partial charge is 0.464 e. The van der Waals surface area contributed by atoms with Gasteiger partial charge in [-0.3, -0.25) is 5.43 Å². The molecule has 20 heavy (non-hydrogen) atoms. The Morgan fingerprint density at radius 3 is 2.65 bits per heavy atom. The number of nitrogens with two attached hydrogens (primary N) is 1. The Morgan fingerprint density at radius 2 is 2.05 bits per heavy atom. The van der Waals surface area contributed by atoms with E-state index in [0.29, 0.717) is 19.1 Å². The zero-order chi connectivity index (χ0) is 14.6. The number of nitrogens with zero attached hydrogens (tertiary/aromatic N) is 4. The van der Waals surface area contributed by atoms with Gasteiger partial charge in [-0.25, -0.2) is 5.84 Å². The summed E-state index contributed by atoms with van der Waals surface area (Å²) in [6.45, 7) is 2.79. The quantitative estimate of drug-likeness (QED) is 0.505. The first-order valence-corrected chi connectivity index (χ1v) is 6.85. The molecule has 8 nitrogen and oxygen atoms in total. The Balaban J connectivity index is 2.15. The Hall–Kier alpha value is -1.67. The first kappa shape index (κ1) is 14.7. The van der Waals surface area contributed by atoms with Crippen LogP contribution in [0.4, 0.5) is 11.9 Å². The van der Waals surface area contributed by atoms with Crippen LogP contribution in [-0.2, 0) is 0 Å². The second kappa shape index (κ2) is 6.19. The number of hydrazine groups is 1. The Labute approximate surface area is 118 Å². The van der Waals surface area contributed by atoms with E-state index >= 15 is 0 Å². The van der Waals surface area contributed by atoms with Gasteiger partial charge in [0.25, 0.3) is 0 Å². The first-order chi connectivity index (χ1) is 9.56. The van der Waals surface area contributed by atoms with E-state index in [4.69, 9.17) is 10.6 Å². The molecule has 1 saturated carbocycles. The molecular formula is C12H22N6O2. The lowest BCUT2D eigenvalue weighted by Gasteiger charge is -2.28. The topological polar surface area (TPSA) is 109 Å². The Morgan fingerprint density at radius 1 is 1.35 bits per heavy atom. The van der Waals surface area contributed by atoms with Crippen molar-refractivity contribution in [2.24, 2.45) is 5.84 Å². The van der Waals surface area contributed by atoms with Crippen molar-refractivity contribution >= 4 is 11.9 Å². The van der Waals surface area contributed by atoms with E-state index in [2.05, 4.69) is 20.4 Å². The van der Waals surface area contributed by atoms with Gasteiger partial charge in [0.1, 0.15) is 0 Å². The number of ether oxygens (including phenoxy) is 1. The van der Waals surface area contributed by atoms with Crippen LogP contribution in [0.1, 0.15) is 32.6 Å². The van der Waals surface area contributed by atoms with Gasteiger partial charge in [0.05, 0.1) is 12.2 Å². The number of nitrogen functional groups attached to an aromatic ring is 1. The standard InChI is InChI=1S/C12H22N6O2/c1-3-20-11-15-9(17-13)14-10(16-11)18(2)8-12(19)6-4-5-7-12/h19H,3-8,13H2,1-2H3,(H,14,15,16,17). The van der Waals surface area contributed by atoms with Crippen molar-refractivity contribution in [2.45, 2.75) is 38.2 Å².